The zero-order chi connectivity index (χ0) is 14.5. The Balaban J connectivity index is 2.02. The number of hydrogen-bond acceptors (Lipinski definition) is 4. The van der Waals surface area contributed by atoms with Gasteiger partial charge in [0.2, 0.25) is 5.91 Å². The van der Waals surface area contributed by atoms with E-state index in [1.165, 1.54) is 0 Å². The van der Waals surface area contributed by atoms with Crippen LogP contribution in [0.2, 0.25) is 0 Å². The van der Waals surface area contributed by atoms with Gasteiger partial charge in [0.15, 0.2) is 0 Å². The van der Waals surface area contributed by atoms with Crippen LogP contribution in [0.25, 0.3) is 0 Å². The minimum Gasteiger partial charge on any atom is -0.481 e. The van der Waals surface area contributed by atoms with Crippen LogP contribution in [0.3, 0.4) is 0 Å². The summed E-state index contributed by atoms with van der Waals surface area (Å²) in [5.74, 6) is -1.25. The van der Waals surface area contributed by atoms with E-state index >= 15 is 0 Å². The van der Waals surface area contributed by atoms with Gasteiger partial charge in [0.1, 0.15) is 0 Å². The maximum Gasteiger partial charge on any atom is 0.307 e. The lowest BCUT2D eigenvalue weighted by Crippen LogP contribution is -2.39. The maximum absolute atomic E-state index is 12.2. The fourth-order valence-corrected chi connectivity index (χ4v) is 2.27. The van der Waals surface area contributed by atoms with Crippen LogP contribution in [-0.2, 0) is 20.7 Å². The predicted octanol–water partition coefficient (Wildman–Crippen LogP) is 0.487. The number of ether oxygens (including phenoxy) is 1. The molecule has 1 fully saturated rings. The molecule has 2 unspecified atom stereocenters. The highest BCUT2D eigenvalue weighted by molar-refractivity contribution is 5.93. The molecule has 6 heteroatoms. The Morgan fingerprint density at radius 2 is 2.20 bits per heavy atom. The van der Waals surface area contributed by atoms with Crippen molar-refractivity contribution in [3.63, 3.8) is 0 Å². The van der Waals surface area contributed by atoms with Gasteiger partial charge in [-0.3, -0.25) is 9.59 Å². The smallest absolute Gasteiger partial charge is 0.307 e. The van der Waals surface area contributed by atoms with Crippen molar-refractivity contribution in [1.82, 2.24) is 5.32 Å². The van der Waals surface area contributed by atoms with Crippen LogP contribution < -0.4 is 10.6 Å². The largest absolute Gasteiger partial charge is 0.481 e. The molecule has 0 radical (unpaired) electrons. The van der Waals surface area contributed by atoms with Crippen LogP contribution >= 0.6 is 0 Å². The van der Waals surface area contributed by atoms with Gasteiger partial charge in [-0.25, -0.2) is 0 Å². The second-order valence-electron chi connectivity index (χ2n) is 4.80. The summed E-state index contributed by atoms with van der Waals surface area (Å²) in [7, 11) is 1.80. The molecule has 3 N–H and O–H groups in total. The number of carbonyl (C=O) groups excluding carboxylic acids is 1. The van der Waals surface area contributed by atoms with Gasteiger partial charge in [-0.1, -0.05) is 12.1 Å². The molecule has 6 nitrogen and oxygen atoms in total. The number of anilines is 1. The molecule has 1 aromatic rings. The fraction of sp³-hybridized carbons (Fsp3) is 0.429. The maximum atomic E-state index is 12.2. The van der Waals surface area contributed by atoms with E-state index in [4.69, 9.17) is 9.84 Å². The number of hydrogen-bond donors (Lipinski definition) is 3. The predicted molar refractivity (Wildman–Crippen MR) is 73.6 cm³/mol. The molecular weight excluding hydrogens is 260 g/mol. The summed E-state index contributed by atoms with van der Waals surface area (Å²) in [6.45, 7) is 0.916. The Bertz CT molecular complexity index is 504. The molecule has 1 saturated heterocycles. The lowest BCUT2D eigenvalue weighted by Gasteiger charge is -2.16. The SMILES string of the molecule is CNC1COCC1C(=O)Nc1cccc(CC(=O)O)c1. The van der Waals surface area contributed by atoms with Gasteiger partial charge in [-0.05, 0) is 24.7 Å². The highest BCUT2D eigenvalue weighted by Crippen LogP contribution is 2.17. The lowest BCUT2D eigenvalue weighted by atomic mass is 10.0. The number of amides is 1. The van der Waals surface area contributed by atoms with Crippen LogP contribution in [0, 0.1) is 5.92 Å². The van der Waals surface area contributed by atoms with Crippen LogP contribution in [0.15, 0.2) is 24.3 Å². The summed E-state index contributed by atoms with van der Waals surface area (Å²) in [4.78, 5) is 22.9. The van der Waals surface area contributed by atoms with Crippen molar-refractivity contribution >= 4 is 17.6 Å². The molecule has 1 aliphatic rings. The fourth-order valence-electron chi connectivity index (χ4n) is 2.27. The third-order valence-corrected chi connectivity index (χ3v) is 3.34. The molecule has 0 aliphatic carbocycles. The molecule has 108 valence electrons. The van der Waals surface area contributed by atoms with E-state index in [-0.39, 0.29) is 24.3 Å². The number of benzene rings is 1. The zero-order valence-electron chi connectivity index (χ0n) is 11.3. The average Bonchev–Trinajstić information content (AvgIpc) is 2.86. The van der Waals surface area contributed by atoms with E-state index < -0.39 is 5.97 Å². The van der Waals surface area contributed by atoms with Crippen LogP contribution in [0.4, 0.5) is 5.69 Å². The second-order valence-corrected chi connectivity index (χ2v) is 4.80. The topological polar surface area (TPSA) is 87.7 Å². The number of rotatable bonds is 5. The van der Waals surface area contributed by atoms with Crippen molar-refractivity contribution < 1.29 is 19.4 Å². The van der Waals surface area contributed by atoms with E-state index in [2.05, 4.69) is 10.6 Å². The number of carboxylic acids is 1. The van der Waals surface area contributed by atoms with Crippen LogP contribution in [-0.4, -0.2) is 43.3 Å². The normalized spacial score (nSPS) is 21.6. The lowest BCUT2D eigenvalue weighted by molar-refractivity contribution is -0.136. The molecule has 0 aromatic heterocycles. The Kier molecular flexibility index (Phi) is 4.70. The molecule has 0 bridgehead atoms. The van der Waals surface area contributed by atoms with Gasteiger partial charge in [0, 0.05) is 11.7 Å². The molecule has 1 aliphatic heterocycles. The first-order valence-electron chi connectivity index (χ1n) is 6.46. The van der Waals surface area contributed by atoms with Gasteiger partial charge >= 0.3 is 5.97 Å². The van der Waals surface area contributed by atoms with Crippen molar-refractivity contribution in [2.75, 3.05) is 25.6 Å². The first kappa shape index (κ1) is 14.5. The van der Waals surface area contributed by atoms with Gasteiger partial charge < -0.3 is 20.5 Å². The molecule has 1 heterocycles. The molecular formula is C14H18N2O4. The quantitative estimate of drug-likeness (QED) is 0.729. The highest BCUT2D eigenvalue weighted by Gasteiger charge is 2.32. The molecule has 2 rings (SSSR count). The van der Waals surface area contributed by atoms with Crippen molar-refractivity contribution in [3.8, 4) is 0 Å². The molecule has 1 amide bonds. The Morgan fingerprint density at radius 1 is 1.40 bits per heavy atom. The van der Waals surface area contributed by atoms with E-state index in [9.17, 15) is 9.59 Å². The molecule has 20 heavy (non-hydrogen) atoms. The van der Waals surface area contributed by atoms with E-state index in [1.54, 1.807) is 31.3 Å². The molecule has 1 aromatic carbocycles. The second kappa shape index (κ2) is 6.49. The molecule has 0 saturated carbocycles. The third kappa shape index (κ3) is 3.55. The van der Waals surface area contributed by atoms with Gasteiger partial charge in [-0.2, -0.15) is 0 Å². The minimum absolute atomic E-state index is 0.0113. The number of nitrogens with one attached hydrogen (secondary N) is 2. The number of likely N-dealkylation sites (N-methyl/N-ethyl adjacent to an activating group) is 1. The molecule has 0 spiro atoms. The van der Waals surface area contributed by atoms with Gasteiger partial charge in [-0.15, -0.1) is 0 Å². The first-order valence-corrected chi connectivity index (χ1v) is 6.46. The van der Waals surface area contributed by atoms with Crippen LogP contribution in [0.1, 0.15) is 5.56 Å². The number of carboxylic acid groups (broad SMARTS) is 1. The van der Waals surface area contributed by atoms with E-state index in [1.807, 2.05) is 0 Å². The van der Waals surface area contributed by atoms with Crippen molar-refractivity contribution in [3.05, 3.63) is 29.8 Å². The van der Waals surface area contributed by atoms with Crippen LogP contribution in [0.5, 0.6) is 0 Å². The number of aliphatic carboxylic acids is 1. The summed E-state index contributed by atoms with van der Waals surface area (Å²) in [5, 5.41) is 14.6. The summed E-state index contributed by atoms with van der Waals surface area (Å²) in [5.41, 5.74) is 1.26. The van der Waals surface area contributed by atoms with Crippen molar-refractivity contribution in [1.29, 1.82) is 0 Å². The average molecular weight is 278 g/mol. The Labute approximate surface area is 117 Å². The summed E-state index contributed by atoms with van der Waals surface area (Å²) < 4.78 is 5.29. The molecule has 2 atom stereocenters. The Morgan fingerprint density at radius 3 is 2.90 bits per heavy atom. The standard InChI is InChI=1S/C14H18N2O4/c1-15-12-8-20-7-11(12)14(19)16-10-4-2-3-9(5-10)6-13(17)18/h2-5,11-12,15H,6-8H2,1H3,(H,16,19)(H,17,18). The van der Waals surface area contributed by atoms with E-state index in [0.29, 0.717) is 24.5 Å². The van der Waals surface area contributed by atoms with Crippen molar-refractivity contribution in [2.45, 2.75) is 12.5 Å². The highest BCUT2D eigenvalue weighted by atomic mass is 16.5. The summed E-state index contributed by atoms with van der Waals surface area (Å²) >= 11 is 0. The van der Waals surface area contributed by atoms with E-state index in [0.717, 1.165) is 0 Å². The zero-order valence-corrected chi connectivity index (χ0v) is 11.3. The minimum atomic E-state index is -0.895. The van der Waals surface area contributed by atoms with Gasteiger partial charge in [0.05, 0.1) is 25.6 Å². The van der Waals surface area contributed by atoms with Crippen molar-refractivity contribution in [2.24, 2.45) is 5.92 Å². The number of carbonyl (C=O) groups is 2. The monoisotopic (exact) mass is 278 g/mol. The van der Waals surface area contributed by atoms with Gasteiger partial charge in [0.25, 0.3) is 0 Å². The Hall–Kier alpha value is -1.92. The summed E-state index contributed by atoms with van der Waals surface area (Å²) in [6.07, 6.45) is -0.0601. The third-order valence-electron chi connectivity index (χ3n) is 3.34. The summed E-state index contributed by atoms with van der Waals surface area (Å²) in [6, 6.07) is 6.88. The first-order chi connectivity index (χ1) is 9.60.